The summed E-state index contributed by atoms with van der Waals surface area (Å²) in [4.78, 5) is 33.2. The number of nitrogens with zero attached hydrogens (tertiary/aromatic N) is 2. The van der Waals surface area contributed by atoms with E-state index in [2.05, 4.69) is 9.78 Å². The van der Waals surface area contributed by atoms with Crippen LogP contribution in [-0.2, 0) is 19.4 Å². The fraction of sp³-hybridized carbons (Fsp3) is 0.857. The van der Waals surface area contributed by atoms with E-state index in [1.165, 1.54) is 0 Å². The number of carbonyl (C=O) groups is 2. The molecule has 0 saturated heterocycles. The van der Waals surface area contributed by atoms with Gasteiger partial charge in [0.15, 0.2) is 0 Å². The number of hydrogen-bond acceptors (Lipinski definition) is 8. The molecule has 0 saturated carbocycles. The minimum Gasteiger partial charge on any atom is -0.481 e. The molecule has 24 heavy (non-hydrogen) atoms. The number of rotatable bonds is 17. The van der Waals surface area contributed by atoms with Crippen LogP contribution in [0.1, 0.15) is 25.7 Å². The molecule has 0 spiro atoms. The third-order valence-electron chi connectivity index (χ3n) is 3.41. The highest BCUT2D eigenvalue weighted by molar-refractivity contribution is 5.69. The zero-order valence-corrected chi connectivity index (χ0v) is 13.8. The number of carboxylic acids is 2. The van der Waals surface area contributed by atoms with E-state index in [9.17, 15) is 9.59 Å². The van der Waals surface area contributed by atoms with E-state index in [1.54, 1.807) is 4.90 Å². The summed E-state index contributed by atoms with van der Waals surface area (Å²) in [6.07, 6.45) is 2.05. The molecule has 0 aliphatic rings. The Bertz CT molecular complexity index is 343. The van der Waals surface area contributed by atoms with Crippen LogP contribution >= 0.6 is 0 Å². The van der Waals surface area contributed by atoms with Crippen molar-refractivity contribution in [2.45, 2.75) is 25.7 Å². The summed E-state index contributed by atoms with van der Waals surface area (Å²) >= 11 is 0. The molecule has 0 aromatic rings. The molecule has 10 heteroatoms. The highest BCUT2D eigenvalue weighted by Gasteiger charge is 2.12. The molecular formula is C14H28N2O8. The van der Waals surface area contributed by atoms with Crippen LogP contribution in [0.4, 0.5) is 0 Å². The second-order valence-corrected chi connectivity index (χ2v) is 5.38. The summed E-state index contributed by atoms with van der Waals surface area (Å²) in [5.74, 6) is -1.95. The van der Waals surface area contributed by atoms with Gasteiger partial charge in [-0.05, 0) is 38.9 Å². The standard InChI is InChI=1S/C14H28N2O8/c17-13(18)4-8-16(12-14(19)20)7-3-6-15(9-11-24-22)5-1-2-10-23-21/h21-22H,1-12H2,(H,17,18)(H,19,20). The number of hydrogen-bond donors (Lipinski definition) is 4. The molecule has 0 aromatic heterocycles. The minimum absolute atomic E-state index is 0.101. The zero-order valence-electron chi connectivity index (χ0n) is 13.8. The fourth-order valence-corrected chi connectivity index (χ4v) is 2.24. The van der Waals surface area contributed by atoms with Crippen molar-refractivity contribution >= 4 is 11.9 Å². The van der Waals surface area contributed by atoms with Crippen molar-refractivity contribution in [1.29, 1.82) is 0 Å². The van der Waals surface area contributed by atoms with E-state index in [4.69, 9.17) is 20.7 Å². The van der Waals surface area contributed by atoms with Crippen molar-refractivity contribution in [3.63, 3.8) is 0 Å². The second kappa shape index (κ2) is 15.2. The number of aliphatic carboxylic acids is 2. The van der Waals surface area contributed by atoms with Gasteiger partial charge in [-0.15, -0.1) is 0 Å². The molecule has 0 rings (SSSR count). The van der Waals surface area contributed by atoms with Gasteiger partial charge in [0.05, 0.1) is 26.2 Å². The van der Waals surface area contributed by atoms with E-state index in [0.717, 1.165) is 13.0 Å². The van der Waals surface area contributed by atoms with Crippen molar-refractivity contribution in [3.05, 3.63) is 0 Å². The topological polar surface area (TPSA) is 140 Å². The summed E-state index contributed by atoms with van der Waals surface area (Å²) in [5, 5.41) is 34.3. The quantitative estimate of drug-likeness (QED) is 0.164. The molecule has 0 amide bonds. The van der Waals surface area contributed by atoms with Gasteiger partial charge in [-0.3, -0.25) is 25.0 Å². The van der Waals surface area contributed by atoms with Crippen LogP contribution in [0, 0.1) is 0 Å². The Hall–Kier alpha value is -1.30. The lowest BCUT2D eigenvalue weighted by Crippen LogP contribution is -2.36. The summed E-state index contributed by atoms with van der Waals surface area (Å²) < 4.78 is 0. The van der Waals surface area contributed by atoms with Crippen molar-refractivity contribution in [1.82, 2.24) is 9.80 Å². The second-order valence-electron chi connectivity index (χ2n) is 5.38. The Labute approximate surface area is 141 Å². The molecule has 0 aromatic carbocycles. The summed E-state index contributed by atoms with van der Waals surface area (Å²) in [7, 11) is 0. The Kier molecular flexibility index (Phi) is 14.4. The number of unbranched alkanes of at least 4 members (excludes halogenated alkanes) is 1. The molecule has 0 heterocycles. The highest BCUT2D eigenvalue weighted by Crippen LogP contribution is 2.01. The lowest BCUT2D eigenvalue weighted by molar-refractivity contribution is -0.245. The van der Waals surface area contributed by atoms with Gasteiger partial charge >= 0.3 is 11.9 Å². The minimum atomic E-state index is -0.991. The van der Waals surface area contributed by atoms with E-state index < -0.39 is 11.9 Å². The first-order valence-corrected chi connectivity index (χ1v) is 7.90. The molecule has 0 aliphatic carbocycles. The fourth-order valence-electron chi connectivity index (χ4n) is 2.24. The molecule has 4 N–H and O–H groups in total. The lowest BCUT2D eigenvalue weighted by Gasteiger charge is -2.24. The Balaban J connectivity index is 4.19. The predicted octanol–water partition coefficient (Wildman–Crippen LogP) is 0.299. The molecule has 0 bridgehead atoms. The van der Waals surface area contributed by atoms with Crippen LogP contribution in [0.25, 0.3) is 0 Å². The number of carboxylic acid groups (broad SMARTS) is 2. The van der Waals surface area contributed by atoms with Gasteiger partial charge in [0, 0.05) is 13.1 Å². The van der Waals surface area contributed by atoms with Gasteiger partial charge < -0.3 is 15.1 Å². The first kappa shape index (κ1) is 22.7. The summed E-state index contributed by atoms with van der Waals surface area (Å²) in [5.41, 5.74) is 0. The highest BCUT2D eigenvalue weighted by atomic mass is 17.1. The zero-order chi connectivity index (χ0) is 18.2. The van der Waals surface area contributed by atoms with Crippen molar-refractivity contribution in [3.8, 4) is 0 Å². The normalized spacial score (nSPS) is 11.3. The van der Waals surface area contributed by atoms with Crippen LogP contribution in [0.5, 0.6) is 0 Å². The van der Waals surface area contributed by atoms with Crippen LogP contribution in [0.15, 0.2) is 0 Å². The molecule has 142 valence electrons. The maximum Gasteiger partial charge on any atom is 0.317 e. The monoisotopic (exact) mass is 352 g/mol. The smallest absolute Gasteiger partial charge is 0.317 e. The third kappa shape index (κ3) is 14.3. The van der Waals surface area contributed by atoms with Crippen LogP contribution in [0.2, 0.25) is 0 Å². The summed E-state index contributed by atoms with van der Waals surface area (Å²) in [6.45, 7) is 2.78. The van der Waals surface area contributed by atoms with E-state index in [0.29, 0.717) is 32.5 Å². The molecule has 0 atom stereocenters. The van der Waals surface area contributed by atoms with Crippen molar-refractivity contribution < 1.29 is 40.1 Å². The molecule has 0 unspecified atom stereocenters. The van der Waals surface area contributed by atoms with E-state index in [-0.39, 0.29) is 32.7 Å². The average molecular weight is 352 g/mol. The predicted molar refractivity (Wildman–Crippen MR) is 83.8 cm³/mol. The largest absolute Gasteiger partial charge is 0.481 e. The maximum atomic E-state index is 10.8. The Morgan fingerprint density at radius 3 is 1.92 bits per heavy atom. The SMILES string of the molecule is O=C(O)CCN(CCCN(CCCCOO)CCOO)CC(=O)O. The van der Waals surface area contributed by atoms with Crippen LogP contribution < -0.4 is 0 Å². The van der Waals surface area contributed by atoms with Crippen LogP contribution in [-0.4, -0.2) is 94.9 Å². The van der Waals surface area contributed by atoms with Crippen molar-refractivity contribution in [2.75, 3.05) is 52.5 Å². The Morgan fingerprint density at radius 1 is 0.708 bits per heavy atom. The molecule has 10 nitrogen and oxygen atoms in total. The van der Waals surface area contributed by atoms with Gasteiger partial charge in [-0.25, -0.2) is 9.78 Å². The van der Waals surface area contributed by atoms with Crippen LogP contribution in [0.3, 0.4) is 0 Å². The molecule has 0 fully saturated rings. The maximum absolute atomic E-state index is 10.8. The van der Waals surface area contributed by atoms with Gasteiger partial charge in [0.2, 0.25) is 0 Å². The van der Waals surface area contributed by atoms with Gasteiger partial charge in [-0.2, -0.15) is 0 Å². The van der Waals surface area contributed by atoms with Gasteiger partial charge in [0.1, 0.15) is 0 Å². The van der Waals surface area contributed by atoms with E-state index in [1.807, 2.05) is 4.90 Å². The first-order valence-electron chi connectivity index (χ1n) is 7.90. The lowest BCUT2D eigenvalue weighted by atomic mass is 10.2. The van der Waals surface area contributed by atoms with Crippen molar-refractivity contribution in [2.24, 2.45) is 0 Å². The summed E-state index contributed by atoms with van der Waals surface area (Å²) in [6, 6.07) is 0. The van der Waals surface area contributed by atoms with Gasteiger partial charge in [0.25, 0.3) is 0 Å². The van der Waals surface area contributed by atoms with Gasteiger partial charge in [-0.1, -0.05) is 0 Å². The average Bonchev–Trinajstić information content (AvgIpc) is 2.52. The van der Waals surface area contributed by atoms with E-state index >= 15 is 0 Å². The Morgan fingerprint density at radius 2 is 1.33 bits per heavy atom. The molecular weight excluding hydrogens is 324 g/mol. The first-order chi connectivity index (χ1) is 11.5. The molecule has 0 aliphatic heterocycles. The third-order valence-corrected chi connectivity index (χ3v) is 3.41. The molecule has 0 radical (unpaired) electrons.